The van der Waals surface area contributed by atoms with E-state index in [1.807, 2.05) is 0 Å². The smallest absolute Gasteiger partial charge is 0.346 e. The number of thiophene rings is 1. The summed E-state index contributed by atoms with van der Waals surface area (Å²) in [4.78, 5) is 15.0. The lowest BCUT2D eigenvalue weighted by atomic mass is 10.4. The summed E-state index contributed by atoms with van der Waals surface area (Å²) in [5.74, 6) is 0.245. The number of imidazole rings is 1. The molecule has 2 aromatic heterocycles. The Kier molecular flexibility index (Phi) is 3.35. The number of carboxylic acids is 1. The summed E-state index contributed by atoms with van der Waals surface area (Å²) in [5.41, 5.74) is 0. The largest absolute Gasteiger partial charge is 0.485 e. The van der Waals surface area contributed by atoms with Gasteiger partial charge in [-0.05, 0) is 0 Å². The van der Waals surface area contributed by atoms with Gasteiger partial charge in [-0.25, -0.2) is 9.78 Å². The molecule has 1 N–H and O–H groups in total. The Bertz CT molecular complexity index is 549. The number of rotatable bonds is 4. The first-order valence-corrected chi connectivity index (χ1v) is 5.94. The van der Waals surface area contributed by atoms with Gasteiger partial charge in [-0.2, -0.15) is 0 Å². The first kappa shape index (κ1) is 11.9. The third kappa shape index (κ3) is 2.59. The van der Waals surface area contributed by atoms with Crippen LogP contribution in [0.2, 0.25) is 5.15 Å². The number of hydrogen-bond acceptors (Lipinski definition) is 4. The van der Waals surface area contributed by atoms with Crippen molar-refractivity contribution in [1.82, 2.24) is 9.55 Å². The molecule has 2 aromatic rings. The second kappa shape index (κ2) is 4.77. The summed E-state index contributed by atoms with van der Waals surface area (Å²) in [6.45, 7) is 0.249. The Morgan fingerprint density at radius 2 is 2.47 bits per heavy atom. The summed E-state index contributed by atoms with van der Waals surface area (Å²) >= 11 is 6.95. The summed E-state index contributed by atoms with van der Waals surface area (Å²) < 4.78 is 7.12. The molecule has 0 saturated carbocycles. The van der Waals surface area contributed by atoms with E-state index in [0.29, 0.717) is 16.7 Å². The summed E-state index contributed by atoms with van der Waals surface area (Å²) in [5, 5.41) is 10.9. The van der Waals surface area contributed by atoms with Crippen LogP contribution in [0.5, 0.6) is 5.75 Å². The highest BCUT2D eigenvalue weighted by atomic mass is 35.5. The molecule has 2 heterocycles. The van der Waals surface area contributed by atoms with Gasteiger partial charge in [0, 0.05) is 18.5 Å². The predicted octanol–water partition coefficient (Wildman–Crippen LogP) is 2.41. The fourth-order valence-corrected chi connectivity index (χ4v) is 2.02. The van der Waals surface area contributed by atoms with E-state index in [1.165, 1.54) is 12.3 Å². The summed E-state index contributed by atoms with van der Waals surface area (Å²) in [6.07, 6.45) is 1.54. The van der Waals surface area contributed by atoms with Crippen LogP contribution in [0.4, 0.5) is 0 Å². The highest BCUT2D eigenvalue weighted by Crippen LogP contribution is 2.22. The number of ether oxygens (including phenoxy) is 1. The van der Waals surface area contributed by atoms with Gasteiger partial charge < -0.3 is 14.4 Å². The van der Waals surface area contributed by atoms with Gasteiger partial charge in [-0.15, -0.1) is 11.3 Å². The Hall–Kier alpha value is -1.53. The van der Waals surface area contributed by atoms with Gasteiger partial charge in [-0.1, -0.05) is 11.6 Å². The van der Waals surface area contributed by atoms with Crippen molar-refractivity contribution >= 4 is 28.9 Å². The number of halogens is 1. The molecule has 0 aliphatic heterocycles. The van der Waals surface area contributed by atoms with Gasteiger partial charge in [0.2, 0.25) is 0 Å². The highest BCUT2D eigenvalue weighted by Gasteiger charge is 2.09. The van der Waals surface area contributed by atoms with E-state index in [1.54, 1.807) is 17.0 Å². The maximum atomic E-state index is 10.7. The van der Waals surface area contributed by atoms with E-state index >= 15 is 0 Å². The van der Waals surface area contributed by atoms with Crippen molar-refractivity contribution in [2.45, 2.75) is 6.61 Å². The molecule has 0 fully saturated rings. The predicted molar refractivity (Wildman–Crippen MR) is 63.8 cm³/mol. The minimum absolute atomic E-state index is 0.248. The van der Waals surface area contributed by atoms with Gasteiger partial charge in [-0.3, -0.25) is 0 Å². The molecule has 0 spiro atoms. The molecule has 17 heavy (non-hydrogen) atoms. The van der Waals surface area contributed by atoms with Crippen molar-refractivity contribution in [1.29, 1.82) is 0 Å². The van der Waals surface area contributed by atoms with Crippen LogP contribution in [0.3, 0.4) is 0 Å². The zero-order valence-corrected chi connectivity index (χ0v) is 10.5. The van der Waals surface area contributed by atoms with Crippen LogP contribution in [0.15, 0.2) is 17.6 Å². The van der Waals surface area contributed by atoms with Crippen LogP contribution >= 0.6 is 22.9 Å². The first-order valence-electron chi connectivity index (χ1n) is 4.68. The van der Waals surface area contributed by atoms with Gasteiger partial charge in [0.15, 0.2) is 0 Å². The van der Waals surface area contributed by atoms with Gasteiger partial charge in [0.05, 0.1) is 6.20 Å². The van der Waals surface area contributed by atoms with Crippen molar-refractivity contribution < 1.29 is 14.6 Å². The Morgan fingerprint density at radius 3 is 3.00 bits per heavy atom. The maximum absolute atomic E-state index is 10.7. The molecule has 0 aromatic carbocycles. The number of aromatic nitrogens is 2. The molecule has 0 unspecified atom stereocenters. The van der Waals surface area contributed by atoms with Crippen LogP contribution < -0.4 is 4.74 Å². The van der Waals surface area contributed by atoms with Gasteiger partial charge in [0.25, 0.3) is 0 Å². The lowest BCUT2D eigenvalue weighted by molar-refractivity contribution is 0.0702. The molecular weight excluding hydrogens is 264 g/mol. The number of carboxylic acid groups (broad SMARTS) is 1. The Morgan fingerprint density at radius 1 is 1.71 bits per heavy atom. The average molecular weight is 273 g/mol. The molecule has 2 rings (SSSR count). The van der Waals surface area contributed by atoms with E-state index in [-0.39, 0.29) is 11.5 Å². The molecule has 0 saturated heterocycles. The van der Waals surface area contributed by atoms with Gasteiger partial charge in [0.1, 0.15) is 28.2 Å². The molecule has 0 radical (unpaired) electrons. The fraction of sp³-hybridized carbons (Fsp3) is 0.200. The quantitative estimate of drug-likeness (QED) is 0.928. The summed E-state index contributed by atoms with van der Waals surface area (Å²) in [6, 6.07) is 1.48. The van der Waals surface area contributed by atoms with Crippen LogP contribution in [-0.2, 0) is 13.7 Å². The molecule has 7 heteroatoms. The molecule has 0 atom stereocenters. The monoisotopic (exact) mass is 272 g/mol. The fourth-order valence-electron chi connectivity index (χ4n) is 1.21. The van der Waals surface area contributed by atoms with E-state index < -0.39 is 5.97 Å². The number of nitrogens with zero attached hydrogens (tertiary/aromatic N) is 2. The molecule has 0 bridgehead atoms. The van der Waals surface area contributed by atoms with E-state index in [9.17, 15) is 4.79 Å². The topological polar surface area (TPSA) is 64.4 Å². The molecule has 0 aliphatic carbocycles. The second-order valence-corrected chi connectivity index (χ2v) is 4.60. The molecule has 0 aliphatic rings. The van der Waals surface area contributed by atoms with Crippen LogP contribution in [0, 0.1) is 0 Å². The standard InChI is InChI=1S/C10H9ClN2O3S/c1-13-8(11)3-12-9(13)4-16-6-2-7(10(14)15)17-5-6/h2-3,5H,4H2,1H3,(H,14,15). The second-order valence-electron chi connectivity index (χ2n) is 3.30. The zero-order chi connectivity index (χ0) is 12.4. The van der Waals surface area contributed by atoms with E-state index in [2.05, 4.69) is 4.98 Å². The normalized spacial score (nSPS) is 10.5. The van der Waals surface area contributed by atoms with Crippen molar-refractivity contribution in [3.8, 4) is 5.75 Å². The average Bonchev–Trinajstić information content (AvgIpc) is 2.86. The highest BCUT2D eigenvalue weighted by molar-refractivity contribution is 7.12. The van der Waals surface area contributed by atoms with Crippen molar-refractivity contribution in [2.24, 2.45) is 7.05 Å². The zero-order valence-electron chi connectivity index (χ0n) is 8.88. The minimum atomic E-state index is -0.954. The SMILES string of the molecule is Cn1c(Cl)cnc1COc1csc(C(=O)O)c1. The van der Waals surface area contributed by atoms with Crippen LogP contribution in [0.1, 0.15) is 15.5 Å². The van der Waals surface area contributed by atoms with E-state index in [0.717, 1.165) is 11.3 Å². The van der Waals surface area contributed by atoms with Crippen molar-refractivity contribution in [3.63, 3.8) is 0 Å². The van der Waals surface area contributed by atoms with Crippen LogP contribution in [-0.4, -0.2) is 20.6 Å². The molecule has 90 valence electrons. The van der Waals surface area contributed by atoms with Crippen molar-refractivity contribution in [2.75, 3.05) is 0 Å². The Labute approximate surface area is 106 Å². The lowest BCUT2D eigenvalue weighted by Gasteiger charge is -2.03. The number of aromatic carboxylic acids is 1. The lowest BCUT2D eigenvalue weighted by Crippen LogP contribution is -2.03. The third-order valence-corrected chi connectivity index (χ3v) is 3.43. The minimum Gasteiger partial charge on any atom is -0.485 e. The maximum Gasteiger partial charge on any atom is 0.346 e. The summed E-state index contributed by atoms with van der Waals surface area (Å²) in [7, 11) is 1.78. The van der Waals surface area contributed by atoms with Gasteiger partial charge >= 0.3 is 5.97 Å². The third-order valence-electron chi connectivity index (χ3n) is 2.18. The first-order chi connectivity index (χ1) is 8.08. The molecule has 0 amide bonds. The van der Waals surface area contributed by atoms with Crippen molar-refractivity contribution in [3.05, 3.63) is 33.5 Å². The molecular formula is C10H9ClN2O3S. The molecule has 5 nitrogen and oxygen atoms in total. The van der Waals surface area contributed by atoms with Crippen LogP contribution in [0.25, 0.3) is 0 Å². The number of carbonyl (C=O) groups is 1. The van der Waals surface area contributed by atoms with E-state index in [4.69, 9.17) is 21.4 Å². The Balaban J connectivity index is 2.02. The number of hydrogen-bond donors (Lipinski definition) is 1.